The largest absolute Gasteiger partial charge is 0.311 e. The molecule has 2 rings (SSSR count). The second-order valence-electron chi connectivity index (χ2n) is 7.12. The molecule has 0 amide bonds. The molecule has 0 saturated carbocycles. The molecule has 21 heavy (non-hydrogen) atoms. The summed E-state index contributed by atoms with van der Waals surface area (Å²) in [7, 11) is 0. The highest BCUT2D eigenvalue weighted by Gasteiger charge is 2.22. The Morgan fingerprint density at radius 2 is 2.00 bits per heavy atom. The third-order valence-electron chi connectivity index (χ3n) is 4.53. The Morgan fingerprint density at radius 3 is 2.71 bits per heavy atom. The van der Waals surface area contributed by atoms with Gasteiger partial charge in [0.25, 0.3) is 0 Å². The van der Waals surface area contributed by atoms with Gasteiger partial charge in [-0.15, -0.1) is 0 Å². The Morgan fingerprint density at radius 1 is 1.24 bits per heavy atom. The lowest BCUT2D eigenvalue weighted by Crippen LogP contribution is -2.38. The van der Waals surface area contributed by atoms with E-state index in [4.69, 9.17) is 4.98 Å². The van der Waals surface area contributed by atoms with Crippen LogP contribution in [-0.4, -0.2) is 29.5 Å². The maximum absolute atomic E-state index is 4.80. The van der Waals surface area contributed by atoms with Gasteiger partial charge in [-0.25, -0.2) is 0 Å². The highest BCUT2D eigenvalue weighted by atomic mass is 15.1. The molecule has 1 aromatic rings. The molecule has 2 unspecified atom stereocenters. The number of pyridine rings is 1. The van der Waals surface area contributed by atoms with Crippen LogP contribution in [0.1, 0.15) is 45.5 Å². The lowest BCUT2D eigenvalue weighted by atomic mass is 9.88. The summed E-state index contributed by atoms with van der Waals surface area (Å²) in [6.45, 7) is 14.5. The van der Waals surface area contributed by atoms with Gasteiger partial charge in [0.2, 0.25) is 0 Å². The molecule has 3 nitrogen and oxygen atoms in total. The van der Waals surface area contributed by atoms with E-state index in [0.29, 0.717) is 5.92 Å². The molecule has 2 atom stereocenters. The van der Waals surface area contributed by atoms with Crippen molar-refractivity contribution in [3.05, 3.63) is 29.6 Å². The highest BCUT2D eigenvalue weighted by molar-refractivity contribution is 5.11. The standard InChI is InChI=1S/C18H31N3/c1-14(2)10-19-11-17-6-5-7-18(20-17)13-21-9-8-15(3)16(4)12-21/h5-7,14-16,19H,8-13H2,1-4H3. The topological polar surface area (TPSA) is 28.2 Å². The van der Waals surface area contributed by atoms with E-state index in [1.165, 1.54) is 25.2 Å². The highest BCUT2D eigenvalue weighted by Crippen LogP contribution is 2.23. The van der Waals surface area contributed by atoms with E-state index >= 15 is 0 Å². The van der Waals surface area contributed by atoms with Gasteiger partial charge in [-0.2, -0.15) is 0 Å². The molecule has 1 fully saturated rings. The molecule has 2 heterocycles. The molecule has 0 bridgehead atoms. The molecule has 1 aliphatic heterocycles. The van der Waals surface area contributed by atoms with Gasteiger partial charge in [0.05, 0.1) is 11.4 Å². The Labute approximate surface area is 130 Å². The molecular weight excluding hydrogens is 258 g/mol. The summed E-state index contributed by atoms with van der Waals surface area (Å²) in [6, 6.07) is 6.43. The third kappa shape index (κ3) is 5.40. The molecule has 0 aliphatic carbocycles. The zero-order valence-corrected chi connectivity index (χ0v) is 14.1. The average molecular weight is 289 g/mol. The number of hydrogen-bond donors (Lipinski definition) is 1. The van der Waals surface area contributed by atoms with Gasteiger partial charge in [-0.1, -0.05) is 33.8 Å². The van der Waals surface area contributed by atoms with Crippen molar-refractivity contribution in [3.63, 3.8) is 0 Å². The Balaban J connectivity index is 1.86. The molecule has 1 aliphatic rings. The van der Waals surface area contributed by atoms with Gasteiger partial charge < -0.3 is 5.32 Å². The van der Waals surface area contributed by atoms with Crippen molar-refractivity contribution in [3.8, 4) is 0 Å². The van der Waals surface area contributed by atoms with Crippen LogP contribution < -0.4 is 5.32 Å². The second kappa shape index (κ2) is 7.90. The van der Waals surface area contributed by atoms with Crippen molar-refractivity contribution in [2.24, 2.45) is 17.8 Å². The first-order chi connectivity index (χ1) is 10.0. The smallest absolute Gasteiger partial charge is 0.0547 e. The summed E-state index contributed by atoms with van der Waals surface area (Å²) in [5.74, 6) is 2.35. The summed E-state index contributed by atoms with van der Waals surface area (Å²) in [6.07, 6.45) is 1.32. The van der Waals surface area contributed by atoms with Crippen molar-refractivity contribution in [2.75, 3.05) is 19.6 Å². The maximum atomic E-state index is 4.80. The molecule has 0 aromatic carbocycles. The quantitative estimate of drug-likeness (QED) is 0.871. The second-order valence-corrected chi connectivity index (χ2v) is 7.12. The van der Waals surface area contributed by atoms with Crippen molar-refractivity contribution < 1.29 is 0 Å². The van der Waals surface area contributed by atoms with Gasteiger partial charge >= 0.3 is 0 Å². The first kappa shape index (κ1) is 16.4. The van der Waals surface area contributed by atoms with E-state index in [2.05, 4.69) is 56.1 Å². The van der Waals surface area contributed by atoms with Crippen LogP contribution in [0.15, 0.2) is 18.2 Å². The number of hydrogen-bond acceptors (Lipinski definition) is 3. The maximum Gasteiger partial charge on any atom is 0.0547 e. The Hall–Kier alpha value is -0.930. The predicted molar refractivity (Wildman–Crippen MR) is 89.0 cm³/mol. The molecule has 3 heteroatoms. The number of likely N-dealkylation sites (tertiary alicyclic amines) is 1. The van der Waals surface area contributed by atoms with Crippen molar-refractivity contribution >= 4 is 0 Å². The van der Waals surface area contributed by atoms with Crippen LogP contribution in [0.25, 0.3) is 0 Å². The fourth-order valence-corrected chi connectivity index (χ4v) is 2.93. The van der Waals surface area contributed by atoms with Crippen LogP contribution in [0.4, 0.5) is 0 Å². The van der Waals surface area contributed by atoms with Crippen LogP contribution in [0.2, 0.25) is 0 Å². The molecule has 1 saturated heterocycles. The van der Waals surface area contributed by atoms with E-state index < -0.39 is 0 Å². The predicted octanol–water partition coefficient (Wildman–Crippen LogP) is 3.31. The van der Waals surface area contributed by atoms with Crippen LogP contribution in [-0.2, 0) is 13.1 Å². The number of nitrogens with one attached hydrogen (secondary N) is 1. The van der Waals surface area contributed by atoms with E-state index in [-0.39, 0.29) is 0 Å². The molecule has 0 spiro atoms. The van der Waals surface area contributed by atoms with Gasteiger partial charge in [0, 0.05) is 19.6 Å². The van der Waals surface area contributed by atoms with Crippen LogP contribution in [0.3, 0.4) is 0 Å². The van der Waals surface area contributed by atoms with Crippen LogP contribution in [0, 0.1) is 17.8 Å². The van der Waals surface area contributed by atoms with Gasteiger partial charge in [0.1, 0.15) is 0 Å². The summed E-state index contributed by atoms with van der Waals surface area (Å²) in [5.41, 5.74) is 2.37. The lowest BCUT2D eigenvalue weighted by molar-refractivity contribution is 0.131. The van der Waals surface area contributed by atoms with Gasteiger partial charge in [-0.3, -0.25) is 9.88 Å². The molecule has 0 radical (unpaired) electrons. The van der Waals surface area contributed by atoms with Gasteiger partial charge in [0.15, 0.2) is 0 Å². The van der Waals surface area contributed by atoms with Gasteiger partial charge in [-0.05, 0) is 49.4 Å². The number of piperidine rings is 1. The third-order valence-corrected chi connectivity index (χ3v) is 4.53. The van der Waals surface area contributed by atoms with Crippen molar-refractivity contribution in [1.82, 2.24) is 15.2 Å². The Bertz CT molecular complexity index is 430. The van der Waals surface area contributed by atoms with E-state index in [1.54, 1.807) is 0 Å². The first-order valence-electron chi connectivity index (χ1n) is 8.42. The van der Waals surface area contributed by atoms with Crippen molar-refractivity contribution in [2.45, 2.75) is 47.2 Å². The summed E-state index contributed by atoms with van der Waals surface area (Å²) < 4.78 is 0. The van der Waals surface area contributed by atoms with Crippen molar-refractivity contribution in [1.29, 1.82) is 0 Å². The first-order valence-corrected chi connectivity index (χ1v) is 8.42. The summed E-state index contributed by atoms with van der Waals surface area (Å²) in [4.78, 5) is 7.36. The minimum Gasteiger partial charge on any atom is -0.311 e. The van der Waals surface area contributed by atoms with E-state index in [9.17, 15) is 0 Å². The molecule has 1 N–H and O–H groups in total. The molecule has 1 aromatic heterocycles. The molecular formula is C18H31N3. The molecule has 118 valence electrons. The average Bonchev–Trinajstić information content (AvgIpc) is 2.43. The minimum absolute atomic E-state index is 0.685. The monoisotopic (exact) mass is 289 g/mol. The van der Waals surface area contributed by atoms with Crippen LogP contribution >= 0.6 is 0 Å². The normalized spacial score (nSPS) is 23.7. The van der Waals surface area contributed by atoms with Crippen LogP contribution in [0.5, 0.6) is 0 Å². The lowest BCUT2D eigenvalue weighted by Gasteiger charge is -2.35. The fourth-order valence-electron chi connectivity index (χ4n) is 2.93. The summed E-state index contributed by atoms with van der Waals surface area (Å²) in [5, 5.41) is 3.47. The number of rotatable bonds is 6. The minimum atomic E-state index is 0.685. The Kier molecular flexibility index (Phi) is 6.19. The number of nitrogens with zero attached hydrogens (tertiary/aromatic N) is 2. The zero-order chi connectivity index (χ0) is 15.2. The van der Waals surface area contributed by atoms with E-state index in [0.717, 1.165) is 37.2 Å². The number of aromatic nitrogens is 1. The van der Waals surface area contributed by atoms with E-state index in [1.807, 2.05) is 0 Å². The summed E-state index contributed by atoms with van der Waals surface area (Å²) >= 11 is 0. The zero-order valence-electron chi connectivity index (χ0n) is 14.1. The fraction of sp³-hybridized carbons (Fsp3) is 0.722. The SMILES string of the molecule is CC(C)CNCc1cccc(CN2CCC(C)C(C)C2)n1.